The molecule has 0 aromatic carbocycles. The van der Waals surface area contributed by atoms with Crippen LogP contribution in [0.1, 0.15) is 10.4 Å². The normalized spacial score (nSPS) is 10.3. The van der Waals surface area contributed by atoms with Gasteiger partial charge in [-0.1, -0.05) is 12.7 Å². The molecule has 0 unspecified atom stereocenters. The Hall–Kier alpha value is -3.36. The Bertz CT molecular complexity index is 842. The number of nitrogens with one attached hydrogen (secondary N) is 1. The molecule has 2 aromatic rings. The van der Waals surface area contributed by atoms with Crippen molar-refractivity contribution < 1.29 is 24.6 Å². The predicted octanol–water partition coefficient (Wildman–Crippen LogP) is -0.469. The Kier molecular flexibility index (Phi) is 4.60. The van der Waals surface area contributed by atoms with Gasteiger partial charge < -0.3 is 20.4 Å². The first-order chi connectivity index (χ1) is 11.0. The number of carbonyl (C=O) groups is 2. The van der Waals surface area contributed by atoms with Crippen LogP contribution in [0.25, 0.3) is 11.0 Å². The second-order valence-electron chi connectivity index (χ2n) is 4.36. The molecular formula is C14H13N3O6. The Morgan fingerprint density at radius 3 is 2.87 bits per heavy atom. The first kappa shape index (κ1) is 16.0. The predicted molar refractivity (Wildman–Crippen MR) is 79.3 cm³/mol. The molecular weight excluding hydrogens is 306 g/mol. The largest absolute Gasteiger partial charge is 0.506 e. The van der Waals surface area contributed by atoms with Crippen LogP contribution < -0.4 is 15.7 Å². The summed E-state index contributed by atoms with van der Waals surface area (Å²) in [5, 5.41) is 20.9. The number of amides is 1. The van der Waals surface area contributed by atoms with E-state index < -0.39 is 35.3 Å². The van der Waals surface area contributed by atoms with Crippen molar-refractivity contribution in [3.63, 3.8) is 0 Å². The Morgan fingerprint density at radius 2 is 2.22 bits per heavy atom. The van der Waals surface area contributed by atoms with Crippen LogP contribution in [0.2, 0.25) is 0 Å². The summed E-state index contributed by atoms with van der Waals surface area (Å²) in [6.45, 7) is 2.72. The number of pyridine rings is 2. The van der Waals surface area contributed by atoms with Crippen molar-refractivity contribution in [3.05, 3.63) is 46.9 Å². The fraction of sp³-hybridized carbons (Fsp3) is 0.143. The Balaban J connectivity index is 2.64. The molecule has 0 aliphatic heterocycles. The minimum absolute atomic E-state index is 0.0200. The van der Waals surface area contributed by atoms with Crippen molar-refractivity contribution in [2.75, 3.05) is 13.2 Å². The van der Waals surface area contributed by atoms with Crippen LogP contribution in [0.4, 0.5) is 0 Å². The molecule has 0 radical (unpaired) electrons. The van der Waals surface area contributed by atoms with Crippen molar-refractivity contribution in [3.8, 4) is 5.75 Å². The second-order valence-corrected chi connectivity index (χ2v) is 4.36. The highest BCUT2D eigenvalue weighted by Gasteiger charge is 2.23. The van der Waals surface area contributed by atoms with Gasteiger partial charge >= 0.3 is 11.5 Å². The maximum atomic E-state index is 12.4. The number of aromatic hydroxyl groups is 1. The van der Waals surface area contributed by atoms with Crippen LogP contribution in [0, 0.1) is 0 Å². The van der Waals surface area contributed by atoms with Crippen molar-refractivity contribution in [1.82, 2.24) is 15.0 Å². The van der Waals surface area contributed by atoms with Gasteiger partial charge in [0.1, 0.15) is 18.9 Å². The summed E-state index contributed by atoms with van der Waals surface area (Å²) < 4.78 is 0.756. The molecule has 0 bridgehead atoms. The zero-order valence-electron chi connectivity index (χ0n) is 11.9. The summed E-state index contributed by atoms with van der Waals surface area (Å²) in [5.41, 5.74) is -1.57. The zero-order valence-corrected chi connectivity index (χ0v) is 11.9. The molecule has 2 heterocycles. The number of fused-ring (bicyclic) bond motifs is 1. The lowest BCUT2D eigenvalue weighted by atomic mass is 10.1. The molecule has 9 heteroatoms. The molecule has 0 fully saturated rings. The first-order valence-electron chi connectivity index (χ1n) is 6.44. The van der Waals surface area contributed by atoms with E-state index in [4.69, 9.17) is 9.94 Å². The van der Waals surface area contributed by atoms with Gasteiger partial charge in [-0.3, -0.25) is 14.4 Å². The van der Waals surface area contributed by atoms with Crippen molar-refractivity contribution >= 4 is 22.9 Å². The van der Waals surface area contributed by atoms with Gasteiger partial charge in [0.05, 0.1) is 5.39 Å². The Morgan fingerprint density at radius 1 is 1.48 bits per heavy atom. The average molecular weight is 319 g/mol. The molecule has 1 amide bonds. The average Bonchev–Trinajstić information content (AvgIpc) is 2.53. The van der Waals surface area contributed by atoms with Gasteiger partial charge in [0.2, 0.25) is 0 Å². The fourth-order valence-corrected chi connectivity index (χ4v) is 1.87. The number of carboxylic acid groups (broad SMARTS) is 1. The number of aromatic nitrogens is 2. The minimum Gasteiger partial charge on any atom is -0.506 e. The molecule has 9 nitrogen and oxygen atoms in total. The molecule has 2 aromatic heterocycles. The monoisotopic (exact) mass is 319 g/mol. The third-order valence-corrected chi connectivity index (χ3v) is 2.82. The van der Waals surface area contributed by atoms with E-state index in [1.807, 2.05) is 5.32 Å². The highest BCUT2D eigenvalue weighted by atomic mass is 16.7. The highest BCUT2D eigenvalue weighted by molar-refractivity contribution is 6.02. The van der Waals surface area contributed by atoms with E-state index in [-0.39, 0.29) is 17.6 Å². The number of hydrogen-bond donors (Lipinski definition) is 3. The van der Waals surface area contributed by atoms with Crippen LogP contribution in [-0.4, -0.2) is 45.0 Å². The van der Waals surface area contributed by atoms with Crippen LogP contribution in [-0.2, 0) is 4.79 Å². The molecule has 3 N–H and O–H groups in total. The molecule has 0 spiro atoms. The summed E-state index contributed by atoms with van der Waals surface area (Å²) in [4.78, 5) is 44.1. The van der Waals surface area contributed by atoms with Gasteiger partial charge in [-0.2, -0.15) is 0 Å². The van der Waals surface area contributed by atoms with E-state index in [0.717, 1.165) is 4.73 Å². The first-order valence-corrected chi connectivity index (χ1v) is 6.44. The summed E-state index contributed by atoms with van der Waals surface area (Å²) in [7, 11) is 0. The van der Waals surface area contributed by atoms with E-state index in [2.05, 4.69) is 11.6 Å². The SMILES string of the molecule is C=CCOn1c(=O)c(C(=O)NCC(=O)O)c(O)c2cccnc21. The van der Waals surface area contributed by atoms with Crippen molar-refractivity contribution in [2.24, 2.45) is 0 Å². The molecule has 0 saturated carbocycles. The lowest BCUT2D eigenvalue weighted by molar-refractivity contribution is -0.135. The van der Waals surface area contributed by atoms with Crippen LogP contribution >= 0.6 is 0 Å². The van der Waals surface area contributed by atoms with E-state index in [9.17, 15) is 19.5 Å². The number of nitrogens with zero attached hydrogens (tertiary/aromatic N) is 2. The van der Waals surface area contributed by atoms with Gasteiger partial charge in [0, 0.05) is 6.20 Å². The van der Waals surface area contributed by atoms with Crippen molar-refractivity contribution in [2.45, 2.75) is 0 Å². The summed E-state index contributed by atoms with van der Waals surface area (Å²) in [6.07, 6.45) is 2.78. The van der Waals surface area contributed by atoms with Crippen LogP contribution in [0.5, 0.6) is 5.75 Å². The third kappa shape index (κ3) is 3.12. The number of carboxylic acids is 1. The second kappa shape index (κ2) is 6.60. The fourth-order valence-electron chi connectivity index (χ4n) is 1.87. The number of hydrogen-bond acceptors (Lipinski definition) is 6. The van der Waals surface area contributed by atoms with Gasteiger partial charge in [0.15, 0.2) is 11.2 Å². The summed E-state index contributed by atoms with van der Waals surface area (Å²) >= 11 is 0. The summed E-state index contributed by atoms with van der Waals surface area (Å²) in [6, 6.07) is 2.95. The lowest BCUT2D eigenvalue weighted by Crippen LogP contribution is -2.38. The minimum atomic E-state index is -1.29. The highest BCUT2D eigenvalue weighted by Crippen LogP contribution is 2.24. The molecule has 0 aliphatic rings. The standard InChI is InChI=1S/C14H13N3O6/c1-2-6-23-17-12-8(4-3-5-15-12)11(20)10(14(17)22)13(21)16-7-9(18)19/h2-5,20H,1,6-7H2,(H,16,21)(H,18,19). The number of aliphatic carboxylic acids is 1. The smallest absolute Gasteiger partial charge is 0.322 e. The van der Waals surface area contributed by atoms with Gasteiger partial charge in [-0.05, 0) is 12.1 Å². The van der Waals surface area contributed by atoms with E-state index in [0.29, 0.717) is 0 Å². The van der Waals surface area contributed by atoms with E-state index in [1.54, 1.807) is 0 Å². The Labute approximate surface area is 129 Å². The lowest BCUT2D eigenvalue weighted by Gasteiger charge is -2.13. The maximum absolute atomic E-state index is 12.4. The molecule has 0 atom stereocenters. The molecule has 0 aliphatic carbocycles. The quantitative estimate of drug-likeness (QED) is 0.613. The van der Waals surface area contributed by atoms with Crippen molar-refractivity contribution in [1.29, 1.82) is 0 Å². The zero-order chi connectivity index (χ0) is 17.0. The van der Waals surface area contributed by atoms with Gasteiger partial charge in [-0.15, -0.1) is 4.73 Å². The number of rotatable bonds is 6. The van der Waals surface area contributed by atoms with E-state index >= 15 is 0 Å². The topological polar surface area (TPSA) is 131 Å². The van der Waals surface area contributed by atoms with Crippen LogP contribution in [0.15, 0.2) is 35.8 Å². The molecule has 2 rings (SSSR count). The maximum Gasteiger partial charge on any atom is 0.322 e. The molecule has 23 heavy (non-hydrogen) atoms. The van der Waals surface area contributed by atoms with Gasteiger partial charge in [-0.25, -0.2) is 4.98 Å². The van der Waals surface area contributed by atoms with Crippen LogP contribution in [0.3, 0.4) is 0 Å². The molecule has 120 valence electrons. The number of carbonyl (C=O) groups excluding carboxylic acids is 1. The third-order valence-electron chi connectivity index (χ3n) is 2.82. The van der Waals surface area contributed by atoms with E-state index in [1.165, 1.54) is 24.4 Å². The molecule has 0 saturated heterocycles. The summed E-state index contributed by atoms with van der Waals surface area (Å²) in [5.74, 6) is -2.92. The van der Waals surface area contributed by atoms with Gasteiger partial charge in [0.25, 0.3) is 5.91 Å².